The molecule has 0 aromatic heterocycles. The van der Waals surface area contributed by atoms with Crippen LogP contribution in [-0.4, -0.2) is 25.0 Å². The third-order valence-corrected chi connectivity index (χ3v) is 3.65. The zero-order chi connectivity index (χ0) is 16.2. The maximum absolute atomic E-state index is 11.8. The number of nitrogens with one attached hydrogen (secondary N) is 2. The summed E-state index contributed by atoms with van der Waals surface area (Å²) in [4.78, 5) is 11.8. The van der Waals surface area contributed by atoms with E-state index in [-0.39, 0.29) is 12.3 Å². The lowest BCUT2D eigenvalue weighted by atomic mass is 10.1. The Bertz CT molecular complexity index is 756. The quantitative estimate of drug-likeness (QED) is 0.848. The van der Waals surface area contributed by atoms with Crippen LogP contribution in [0.5, 0.6) is 5.75 Å². The molecule has 0 atom stereocenters. The highest BCUT2D eigenvalue weighted by Crippen LogP contribution is 2.26. The summed E-state index contributed by atoms with van der Waals surface area (Å²) >= 11 is 0. The number of rotatable bonds is 4. The van der Waals surface area contributed by atoms with Crippen LogP contribution < -0.4 is 10.1 Å². The molecule has 2 N–H and O–H groups in total. The van der Waals surface area contributed by atoms with Gasteiger partial charge in [-0.25, -0.2) is 4.79 Å². The lowest BCUT2D eigenvalue weighted by molar-refractivity contribution is 0.177. The number of fused-ring (bicyclic) bond motifs is 1. The van der Waals surface area contributed by atoms with Crippen molar-refractivity contribution in [1.29, 1.82) is 5.41 Å². The fraction of sp³-hybridized carbons (Fsp3) is 0.222. The van der Waals surface area contributed by atoms with Crippen molar-refractivity contribution in [2.75, 3.05) is 18.5 Å². The van der Waals surface area contributed by atoms with Gasteiger partial charge in [-0.3, -0.25) is 5.32 Å². The molecule has 0 spiro atoms. The Hall–Kier alpha value is -2.82. The van der Waals surface area contributed by atoms with Crippen molar-refractivity contribution in [3.05, 3.63) is 59.2 Å². The first kappa shape index (κ1) is 15.1. The lowest BCUT2D eigenvalue weighted by Gasteiger charge is -2.09. The molecule has 1 aliphatic heterocycles. The molecule has 0 aliphatic carbocycles. The molecule has 3 rings (SSSR count). The fourth-order valence-electron chi connectivity index (χ4n) is 2.47. The van der Waals surface area contributed by atoms with Gasteiger partial charge in [0, 0.05) is 12.1 Å². The van der Waals surface area contributed by atoms with Crippen LogP contribution in [0.15, 0.2) is 42.5 Å². The number of benzene rings is 2. The molecule has 0 fully saturated rings. The van der Waals surface area contributed by atoms with Crippen molar-refractivity contribution in [3.8, 4) is 5.75 Å². The normalized spacial score (nSPS) is 12.2. The number of carbonyl (C=O) groups excluding carboxylic acids is 1. The summed E-state index contributed by atoms with van der Waals surface area (Å²) in [6.45, 7) is 2.56. The molecule has 0 radical (unpaired) electrons. The van der Waals surface area contributed by atoms with Crippen LogP contribution >= 0.6 is 0 Å². The minimum Gasteiger partial charge on any atom is -0.493 e. The van der Waals surface area contributed by atoms with E-state index in [1.165, 1.54) is 0 Å². The first-order valence-electron chi connectivity index (χ1n) is 7.46. The van der Waals surface area contributed by atoms with E-state index in [0.717, 1.165) is 28.9 Å². The van der Waals surface area contributed by atoms with E-state index >= 15 is 0 Å². The van der Waals surface area contributed by atoms with Crippen molar-refractivity contribution in [3.63, 3.8) is 0 Å². The third-order valence-electron chi connectivity index (χ3n) is 3.65. The Balaban J connectivity index is 1.55. The van der Waals surface area contributed by atoms with Gasteiger partial charge in [-0.15, -0.1) is 0 Å². The van der Waals surface area contributed by atoms with Gasteiger partial charge < -0.3 is 14.9 Å². The highest BCUT2D eigenvalue weighted by Gasteiger charge is 2.14. The molecule has 1 heterocycles. The van der Waals surface area contributed by atoms with E-state index in [0.29, 0.717) is 12.3 Å². The first-order chi connectivity index (χ1) is 11.1. The van der Waals surface area contributed by atoms with Gasteiger partial charge in [0.1, 0.15) is 12.4 Å². The fourth-order valence-corrected chi connectivity index (χ4v) is 2.47. The zero-order valence-electron chi connectivity index (χ0n) is 12.9. The molecular formula is C18H18N2O3. The molecule has 1 aliphatic rings. The van der Waals surface area contributed by atoms with Crippen molar-refractivity contribution in [2.24, 2.45) is 0 Å². The van der Waals surface area contributed by atoms with Crippen LogP contribution in [0.1, 0.15) is 16.7 Å². The first-order valence-corrected chi connectivity index (χ1v) is 7.46. The second-order valence-electron chi connectivity index (χ2n) is 5.47. The number of anilines is 1. The van der Waals surface area contributed by atoms with Crippen LogP contribution in [0.4, 0.5) is 10.5 Å². The molecule has 5 nitrogen and oxygen atoms in total. The predicted molar refractivity (Wildman–Crippen MR) is 88.6 cm³/mol. The lowest BCUT2D eigenvalue weighted by Crippen LogP contribution is -2.19. The monoisotopic (exact) mass is 310 g/mol. The van der Waals surface area contributed by atoms with E-state index in [9.17, 15) is 4.79 Å². The van der Waals surface area contributed by atoms with Gasteiger partial charge in [-0.2, -0.15) is 0 Å². The largest absolute Gasteiger partial charge is 0.493 e. The Morgan fingerprint density at radius 2 is 2.17 bits per heavy atom. The van der Waals surface area contributed by atoms with E-state index in [1.54, 1.807) is 6.07 Å². The van der Waals surface area contributed by atoms with Crippen molar-refractivity contribution in [2.45, 2.75) is 13.3 Å². The molecule has 0 saturated carbocycles. The van der Waals surface area contributed by atoms with E-state index in [4.69, 9.17) is 14.9 Å². The molecule has 118 valence electrons. The molecule has 23 heavy (non-hydrogen) atoms. The van der Waals surface area contributed by atoms with Gasteiger partial charge >= 0.3 is 6.09 Å². The van der Waals surface area contributed by atoms with Gasteiger partial charge in [0.15, 0.2) is 0 Å². The van der Waals surface area contributed by atoms with Gasteiger partial charge in [-0.1, -0.05) is 12.1 Å². The van der Waals surface area contributed by atoms with Crippen LogP contribution in [0, 0.1) is 12.3 Å². The predicted octanol–water partition coefficient (Wildman–Crippen LogP) is 3.55. The SMILES string of the molecule is Cc1cccc(NC(=O)OCC(=N)c2ccc3c(c2)CCO3)c1. The highest BCUT2D eigenvalue weighted by molar-refractivity contribution is 6.00. The molecule has 0 bridgehead atoms. The highest BCUT2D eigenvalue weighted by atomic mass is 16.5. The summed E-state index contributed by atoms with van der Waals surface area (Å²) in [7, 11) is 0. The Kier molecular flexibility index (Phi) is 4.28. The standard InChI is InChI=1S/C18H18N2O3/c1-12-3-2-4-15(9-12)20-18(21)23-11-16(19)13-5-6-17-14(10-13)7-8-22-17/h2-6,9-10,19H,7-8,11H2,1H3,(H,20,21). The maximum atomic E-state index is 11.8. The number of aryl methyl sites for hydroxylation is 1. The van der Waals surface area contributed by atoms with Crippen molar-refractivity contribution < 1.29 is 14.3 Å². The smallest absolute Gasteiger partial charge is 0.412 e. The average Bonchev–Trinajstić information content (AvgIpc) is 3.00. The molecule has 0 saturated heterocycles. The van der Waals surface area contributed by atoms with Crippen molar-refractivity contribution in [1.82, 2.24) is 0 Å². The summed E-state index contributed by atoms with van der Waals surface area (Å²) in [5.41, 5.74) is 3.83. The van der Waals surface area contributed by atoms with Gasteiger partial charge in [-0.05, 0) is 53.9 Å². The second-order valence-corrected chi connectivity index (χ2v) is 5.47. The zero-order valence-corrected chi connectivity index (χ0v) is 12.9. The van der Waals surface area contributed by atoms with Crippen molar-refractivity contribution >= 4 is 17.5 Å². The summed E-state index contributed by atoms with van der Waals surface area (Å²) in [5, 5.41) is 10.7. The molecule has 1 amide bonds. The van der Waals surface area contributed by atoms with E-state index in [2.05, 4.69) is 5.32 Å². The van der Waals surface area contributed by atoms with Gasteiger partial charge in [0.25, 0.3) is 0 Å². The molecule has 0 unspecified atom stereocenters. The van der Waals surface area contributed by atoms with E-state index < -0.39 is 6.09 Å². The summed E-state index contributed by atoms with van der Waals surface area (Å²) in [6.07, 6.45) is 0.287. The minimum atomic E-state index is -0.565. The number of ether oxygens (including phenoxy) is 2. The average molecular weight is 310 g/mol. The Labute approximate surface area is 134 Å². The van der Waals surface area contributed by atoms with Crippen LogP contribution in [-0.2, 0) is 11.2 Å². The number of hydrogen-bond donors (Lipinski definition) is 2. The maximum Gasteiger partial charge on any atom is 0.412 e. The van der Waals surface area contributed by atoms with E-state index in [1.807, 2.05) is 43.3 Å². The summed E-state index contributed by atoms with van der Waals surface area (Å²) in [5.74, 6) is 0.875. The van der Waals surface area contributed by atoms with Crippen LogP contribution in [0.3, 0.4) is 0 Å². The topological polar surface area (TPSA) is 71.4 Å². The molecular weight excluding hydrogens is 292 g/mol. The van der Waals surface area contributed by atoms with Gasteiger partial charge in [0.2, 0.25) is 0 Å². The molecule has 2 aromatic carbocycles. The van der Waals surface area contributed by atoms with Crippen LogP contribution in [0.2, 0.25) is 0 Å². The third kappa shape index (κ3) is 3.69. The summed E-state index contributed by atoms with van der Waals surface area (Å²) in [6, 6.07) is 13.1. The molecule has 2 aromatic rings. The second kappa shape index (κ2) is 6.52. The summed E-state index contributed by atoms with van der Waals surface area (Å²) < 4.78 is 10.6. The van der Waals surface area contributed by atoms with Crippen LogP contribution in [0.25, 0.3) is 0 Å². The molecule has 5 heteroatoms. The van der Waals surface area contributed by atoms with Gasteiger partial charge in [0.05, 0.1) is 12.3 Å². The number of carbonyl (C=O) groups is 1. The Morgan fingerprint density at radius 1 is 1.30 bits per heavy atom. The minimum absolute atomic E-state index is 0.0721. The Morgan fingerprint density at radius 3 is 3.00 bits per heavy atom. The number of amides is 1. The number of hydrogen-bond acceptors (Lipinski definition) is 4.